The summed E-state index contributed by atoms with van der Waals surface area (Å²) < 4.78 is 25.9. The Balaban J connectivity index is 2.43. The van der Waals surface area contributed by atoms with Crippen molar-refractivity contribution in [2.45, 2.75) is 12.8 Å². The number of halogens is 2. The van der Waals surface area contributed by atoms with Crippen molar-refractivity contribution in [1.82, 2.24) is 0 Å². The van der Waals surface area contributed by atoms with Crippen LogP contribution < -0.4 is 4.90 Å². The van der Waals surface area contributed by atoms with Crippen molar-refractivity contribution >= 4 is 12.0 Å². The lowest BCUT2D eigenvalue weighted by Crippen LogP contribution is -2.19. The van der Waals surface area contributed by atoms with Gasteiger partial charge in [0.05, 0.1) is 5.69 Å². The van der Waals surface area contributed by atoms with Gasteiger partial charge < -0.3 is 4.90 Å². The number of rotatable bonds is 2. The number of hydrogen-bond acceptors (Lipinski definition) is 2. The summed E-state index contributed by atoms with van der Waals surface area (Å²) in [5.74, 6) is -1.87. The largest absolute Gasteiger partial charge is 0.371 e. The molecule has 1 aromatic carbocycles. The normalized spacial score (nSPS) is 15.7. The Morgan fingerprint density at radius 3 is 2.33 bits per heavy atom. The molecule has 1 heterocycles. The molecule has 2 nitrogen and oxygen atoms in total. The molecule has 0 aromatic heterocycles. The van der Waals surface area contributed by atoms with Crippen LogP contribution >= 0.6 is 0 Å². The maximum Gasteiger partial charge on any atom is 0.160 e. The summed E-state index contributed by atoms with van der Waals surface area (Å²) in [7, 11) is 0. The molecular formula is C11H11F2NO. The van der Waals surface area contributed by atoms with Crippen LogP contribution in [-0.2, 0) is 0 Å². The number of anilines is 1. The third kappa shape index (κ3) is 1.84. The van der Waals surface area contributed by atoms with Gasteiger partial charge >= 0.3 is 0 Å². The lowest BCUT2D eigenvalue weighted by Gasteiger charge is -2.19. The monoisotopic (exact) mass is 211 g/mol. The number of hydrogen-bond donors (Lipinski definition) is 0. The molecule has 0 aliphatic carbocycles. The zero-order valence-corrected chi connectivity index (χ0v) is 8.17. The van der Waals surface area contributed by atoms with Crippen molar-refractivity contribution in [3.05, 3.63) is 29.3 Å². The Labute approximate surface area is 86.5 Å². The van der Waals surface area contributed by atoms with E-state index in [9.17, 15) is 13.6 Å². The summed E-state index contributed by atoms with van der Waals surface area (Å²) >= 11 is 0. The van der Waals surface area contributed by atoms with Crippen molar-refractivity contribution in [3.8, 4) is 0 Å². The van der Waals surface area contributed by atoms with Gasteiger partial charge in [-0.2, -0.15) is 0 Å². The second-order valence-corrected chi connectivity index (χ2v) is 3.64. The van der Waals surface area contributed by atoms with Crippen molar-refractivity contribution < 1.29 is 13.6 Å². The fourth-order valence-corrected chi connectivity index (χ4v) is 1.88. The summed E-state index contributed by atoms with van der Waals surface area (Å²) in [6.45, 7) is 1.60. The van der Waals surface area contributed by atoms with E-state index in [4.69, 9.17) is 0 Å². The number of carbonyl (C=O) groups excluding carboxylic acids is 1. The van der Waals surface area contributed by atoms with Crippen LogP contribution in [-0.4, -0.2) is 19.4 Å². The molecular weight excluding hydrogens is 200 g/mol. The average Bonchev–Trinajstić information content (AvgIpc) is 2.74. The van der Waals surface area contributed by atoms with Gasteiger partial charge in [-0.3, -0.25) is 4.79 Å². The molecule has 80 valence electrons. The molecule has 15 heavy (non-hydrogen) atoms. The number of nitrogens with zero attached hydrogens (tertiary/aromatic N) is 1. The molecule has 0 radical (unpaired) electrons. The maximum atomic E-state index is 13.0. The number of benzene rings is 1. The molecule has 2 rings (SSSR count). The summed E-state index contributed by atoms with van der Waals surface area (Å²) in [5, 5.41) is 0. The first kappa shape index (κ1) is 10.1. The number of aldehydes is 1. The van der Waals surface area contributed by atoms with Crippen molar-refractivity contribution in [2.24, 2.45) is 0 Å². The van der Waals surface area contributed by atoms with E-state index in [1.807, 2.05) is 4.90 Å². The zero-order chi connectivity index (χ0) is 10.8. The van der Waals surface area contributed by atoms with Gasteiger partial charge in [-0.25, -0.2) is 8.78 Å². The lowest BCUT2D eigenvalue weighted by atomic mass is 10.1. The molecule has 0 saturated carbocycles. The summed E-state index contributed by atoms with van der Waals surface area (Å²) in [6.07, 6.45) is 2.62. The molecule has 1 aromatic rings. The first-order valence-corrected chi connectivity index (χ1v) is 4.91. The van der Waals surface area contributed by atoms with Crippen LogP contribution in [0.4, 0.5) is 14.5 Å². The fourth-order valence-electron chi connectivity index (χ4n) is 1.88. The van der Waals surface area contributed by atoms with Gasteiger partial charge in [0.15, 0.2) is 17.9 Å². The average molecular weight is 211 g/mol. The molecule has 0 bridgehead atoms. The van der Waals surface area contributed by atoms with E-state index < -0.39 is 11.6 Å². The van der Waals surface area contributed by atoms with Crippen LogP contribution in [0.25, 0.3) is 0 Å². The first-order chi connectivity index (χ1) is 7.22. The second kappa shape index (κ2) is 3.96. The molecule has 1 saturated heterocycles. The standard InChI is InChI=1S/C11H11F2NO/c12-9-5-8(7-15)11(6-10(9)13)14-3-1-2-4-14/h5-7H,1-4H2. The molecule has 4 heteroatoms. The van der Waals surface area contributed by atoms with Crippen molar-refractivity contribution in [2.75, 3.05) is 18.0 Å². The van der Waals surface area contributed by atoms with E-state index in [0.717, 1.165) is 38.1 Å². The predicted molar refractivity (Wildman–Crippen MR) is 53.2 cm³/mol. The minimum atomic E-state index is -0.972. The van der Waals surface area contributed by atoms with Crippen molar-refractivity contribution in [3.63, 3.8) is 0 Å². The fraction of sp³-hybridized carbons (Fsp3) is 0.364. The SMILES string of the molecule is O=Cc1cc(F)c(F)cc1N1CCCC1. The van der Waals surface area contributed by atoms with Gasteiger partial charge in [-0.1, -0.05) is 0 Å². The highest BCUT2D eigenvalue weighted by molar-refractivity contribution is 5.84. The zero-order valence-electron chi connectivity index (χ0n) is 8.17. The Bertz CT molecular complexity index is 386. The lowest BCUT2D eigenvalue weighted by molar-refractivity contribution is 0.112. The van der Waals surface area contributed by atoms with Crippen LogP contribution in [0.1, 0.15) is 23.2 Å². The Kier molecular flexibility index (Phi) is 2.66. The van der Waals surface area contributed by atoms with E-state index in [1.165, 1.54) is 0 Å². The van der Waals surface area contributed by atoms with E-state index >= 15 is 0 Å². The predicted octanol–water partition coefficient (Wildman–Crippen LogP) is 2.38. The summed E-state index contributed by atoms with van der Waals surface area (Å²) in [5.41, 5.74) is 0.720. The van der Waals surface area contributed by atoms with Gasteiger partial charge in [0.25, 0.3) is 0 Å². The van der Waals surface area contributed by atoms with E-state index in [-0.39, 0.29) is 5.56 Å². The van der Waals surface area contributed by atoms with Crippen LogP contribution in [0.3, 0.4) is 0 Å². The molecule has 1 aliphatic rings. The summed E-state index contributed by atoms with van der Waals surface area (Å²) in [4.78, 5) is 12.6. The molecule has 1 fully saturated rings. The van der Waals surface area contributed by atoms with E-state index in [0.29, 0.717) is 12.0 Å². The van der Waals surface area contributed by atoms with Gasteiger partial charge in [0.2, 0.25) is 0 Å². The molecule has 1 aliphatic heterocycles. The Morgan fingerprint density at radius 2 is 1.73 bits per heavy atom. The van der Waals surface area contributed by atoms with Crippen LogP contribution in [0, 0.1) is 11.6 Å². The van der Waals surface area contributed by atoms with Gasteiger partial charge in [0.1, 0.15) is 0 Å². The number of carbonyl (C=O) groups is 1. The van der Waals surface area contributed by atoms with E-state index in [1.54, 1.807) is 0 Å². The molecule has 0 amide bonds. The smallest absolute Gasteiger partial charge is 0.160 e. The quantitative estimate of drug-likeness (QED) is 0.700. The minimum absolute atomic E-state index is 0.218. The highest BCUT2D eigenvalue weighted by atomic mass is 19.2. The second-order valence-electron chi connectivity index (χ2n) is 3.64. The first-order valence-electron chi connectivity index (χ1n) is 4.91. The third-order valence-corrected chi connectivity index (χ3v) is 2.64. The topological polar surface area (TPSA) is 20.3 Å². The highest BCUT2D eigenvalue weighted by Crippen LogP contribution is 2.25. The molecule has 0 spiro atoms. The van der Waals surface area contributed by atoms with Crippen LogP contribution in [0.2, 0.25) is 0 Å². The highest BCUT2D eigenvalue weighted by Gasteiger charge is 2.18. The summed E-state index contributed by atoms with van der Waals surface area (Å²) in [6, 6.07) is 2.06. The maximum absolute atomic E-state index is 13.0. The molecule has 0 unspecified atom stereocenters. The van der Waals surface area contributed by atoms with Gasteiger partial charge in [0, 0.05) is 24.7 Å². The van der Waals surface area contributed by atoms with E-state index in [2.05, 4.69) is 0 Å². The Hall–Kier alpha value is -1.45. The van der Waals surface area contributed by atoms with Crippen LogP contribution in [0.15, 0.2) is 12.1 Å². The van der Waals surface area contributed by atoms with Gasteiger partial charge in [-0.05, 0) is 18.9 Å². The van der Waals surface area contributed by atoms with Crippen molar-refractivity contribution in [1.29, 1.82) is 0 Å². The van der Waals surface area contributed by atoms with Crippen LogP contribution in [0.5, 0.6) is 0 Å². The third-order valence-electron chi connectivity index (χ3n) is 2.64. The Morgan fingerprint density at radius 1 is 1.13 bits per heavy atom. The minimum Gasteiger partial charge on any atom is -0.371 e. The molecule has 0 atom stereocenters. The molecule has 0 N–H and O–H groups in total. The van der Waals surface area contributed by atoms with Gasteiger partial charge in [-0.15, -0.1) is 0 Å².